The van der Waals surface area contributed by atoms with Crippen molar-refractivity contribution in [2.75, 3.05) is 0 Å². The number of fused-ring (bicyclic) bond motifs is 1. The largest absolute Gasteiger partial charge is 0.250 e. The van der Waals surface area contributed by atoms with Gasteiger partial charge >= 0.3 is 0 Å². The third kappa shape index (κ3) is 1.28. The number of hydrogen-bond donors (Lipinski definition) is 1. The van der Waals surface area contributed by atoms with E-state index in [1.165, 1.54) is 4.68 Å². The Morgan fingerprint density at radius 1 is 1.46 bits per heavy atom. The fourth-order valence-electron chi connectivity index (χ4n) is 1.20. The lowest BCUT2D eigenvalue weighted by Crippen LogP contribution is -2.08. The summed E-state index contributed by atoms with van der Waals surface area (Å²) in [5, 5.41) is 16.2. The normalized spacial score (nSPS) is 13.4. The van der Waals surface area contributed by atoms with Crippen LogP contribution in [0.3, 0.4) is 0 Å². The van der Waals surface area contributed by atoms with Crippen LogP contribution in [0.2, 0.25) is 0 Å². The Labute approximate surface area is 74.5 Å². The molecule has 68 valence electrons. The van der Waals surface area contributed by atoms with E-state index in [0.717, 1.165) is 11.0 Å². The van der Waals surface area contributed by atoms with Crippen molar-refractivity contribution in [1.29, 1.82) is 0 Å². The molecule has 1 heterocycles. The van der Waals surface area contributed by atoms with Crippen LogP contribution in [0.25, 0.3) is 11.0 Å². The molecule has 0 aliphatic rings. The number of rotatable bonds is 2. The van der Waals surface area contributed by atoms with Crippen LogP contribution < -0.4 is 0 Å². The number of benzene rings is 1. The molecule has 2 rings (SSSR count). The highest BCUT2D eigenvalue weighted by molar-refractivity contribution is 5.73. The van der Waals surface area contributed by atoms with Gasteiger partial charge in [-0.2, -0.15) is 0 Å². The summed E-state index contributed by atoms with van der Waals surface area (Å²) in [6.07, 6.45) is -0.521. The van der Waals surface area contributed by atoms with Crippen molar-refractivity contribution in [2.45, 2.75) is 13.2 Å². The first-order valence-corrected chi connectivity index (χ1v) is 3.93. The van der Waals surface area contributed by atoms with E-state index in [2.05, 4.69) is 15.2 Å². The first kappa shape index (κ1) is 8.15. The molecule has 0 radical (unpaired) electrons. The van der Waals surface area contributed by atoms with Gasteiger partial charge in [-0.15, -0.1) is 5.10 Å². The van der Waals surface area contributed by atoms with Crippen LogP contribution in [0.15, 0.2) is 24.3 Å². The molecular weight excluding hydrogens is 170 g/mol. The Morgan fingerprint density at radius 2 is 2.23 bits per heavy atom. The van der Waals surface area contributed by atoms with E-state index in [1.54, 1.807) is 6.92 Å². The number of aromatic nitrogens is 3. The minimum atomic E-state index is -0.521. The molecule has 0 aliphatic carbocycles. The smallest absolute Gasteiger partial charge is 0.183 e. The van der Waals surface area contributed by atoms with Crippen molar-refractivity contribution in [3.63, 3.8) is 0 Å². The van der Waals surface area contributed by atoms with E-state index in [0.29, 0.717) is 0 Å². The molecule has 1 aromatic carbocycles. The van der Waals surface area contributed by atoms with Crippen LogP contribution >= 0.6 is 0 Å². The lowest BCUT2D eigenvalue weighted by Gasteiger charge is -2.06. The first-order valence-electron chi connectivity index (χ1n) is 3.93. The Bertz CT molecular complexity index is 412. The summed E-state index contributed by atoms with van der Waals surface area (Å²) in [7, 11) is 0. The Hall–Kier alpha value is -1.46. The maximum Gasteiger partial charge on any atom is 0.183 e. The van der Waals surface area contributed by atoms with Crippen molar-refractivity contribution >= 4 is 11.0 Å². The monoisotopic (exact) mass is 179 g/mol. The minimum absolute atomic E-state index is 0.521. The molecule has 0 amide bonds. The molecule has 1 aromatic heterocycles. The summed E-state index contributed by atoms with van der Waals surface area (Å²) in [6, 6.07) is 7.48. The van der Waals surface area contributed by atoms with Gasteiger partial charge in [0.15, 0.2) is 6.23 Å². The van der Waals surface area contributed by atoms with Gasteiger partial charge in [0, 0.05) is 0 Å². The molecule has 1 atom stereocenters. The molecule has 0 fully saturated rings. The Kier molecular flexibility index (Phi) is 1.96. The highest BCUT2D eigenvalue weighted by Crippen LogP contribution is 2.14. The van der Waals surface area contributed by atoms with E-state index < -0.39 is 6.23 Å². The van der Waals surface area contributed by atoms with Gasteiger partial charge in [-0.1, -0.05) is 17.3 Å². The summed E-state index contributed by atoms with van der Waals surface area (Å²) < 4.78 is 1.51. The molecule has 0 bridgehead atoms. The predicted octanol–water partition coefficient (Wildman–Crippen LogP) is 1.44. The van der Waals surface area contributed by atoms with Gasteiger partial charge < -0.3 is 0 Å². The van der Waals surface area contributed by atoms with Crippen molar-refractivity contribution < 1.29 is 10.1 Å². The molecule has 1 N–H and O–H groups in total. The van der Waals surface area contributed by atoms with Crippen molar-refractivity contribution in [3.05, 3.63) is 24.3 Å². The standard InChI is InChI=1S/C8H9N3O2/c1-6(13-12)11-8-5-3-2-4-7(8)9-10-11/h2-6,12H,1H3. The van der Waals surface area contributed by atoms with E-state index in [-0.39, 0.29) is 0 Å². The zero-order valence-corrected chi connectivity index (χ0v) is 7.08. The van der Waals surface area contributed by atoms with Crippen LogP contribution in [0.5, 0.6) is 0 Å². The third-order valence-corrected chi connectivity index (χ3v) is 1.87. The van der Waals surface area contributed by atoms with Gasteiger partial charge in [-0.05, 0) is 19.1 Å². The van der Waals surface area contributed by atoms with Crippen LogP contribution in [0, 0.1) is 0 Å². The third-order valence-electron chi connectivity index (χ3n) is 1.87. The van der Waals surface area contributed by atoms with Gasteiger partial charge in [0.2, 0.25) is 0 Å². The van der Waals surface area contributed by atoms with Crippen LogP contribution in [-0.2, 0) is 4.89 Å². The summed E-state index contributed by atoms with van der Waals surface area (Å²) in [5.74, 6) is 0. The summed E-state index contributed by atoms with van der Waals surface area (Å²) in [6.45, 7) is 1.68. The quantitative estimate of drug-likeness (QED) is 0.559. The van der Waals surface area contributed by atoms with Crippen molar-refractivity contribution in [3.8, 4) is 0 Å². The topological polar surface area (TPSA) is 60.2 Å². The molecule has 5 heteroatoms. The minimum Gasteiger partial charge on any atom is -0.250 e. The average Bonchev–Trinajstić information content (AvgIpc) is 2.60. The molecular formula is C8H9N3O2. The predicted molar refractivity (Wildman–Crippen MR) is 46.0 cm³/mol. The fraction of sp³-hybridized carbons (Fsp3) is 0.250. The van der Waals surface area contributed by atoms with Gasteiger partial charge in [0.1, 0.15) is 5.52 Å². The molecule has 13 heavy (non-hydrogen) atoms. The lowest BCUT2D eigenvalue weighted by molar-refractivity contribution is -0.297. The maximum atomic E-state index is 8.48. The molecule has 0 saturated carbocycles. The molecule has 2 aromatic rings. The van der Waals surface area contributed by atoms with Crippen molar-refractivity contribution in [2.24, 2.45) is 0 Å². The van der Waals surface area contributed by atoms with Gasteiger partial charge in [0.25, 0.3) is 0 Å². The lowest BCUT2D eigenvalue weighted by atomic mass is 10.3. The van der Waals surface area contributed by atoms with E-state index in [9.17, 15) is 0 Å². The average molecular weight is 179 g/mol. The zero-order valence-electron chi connectivity index (χ0n) is 7.08. The second kappa shape index (κ2) is 3.12. The number of hydrogen-bond acceptors (Lipinski definition) is 4. The van der Waals surface area contributed by atoms with Gasteiger partial charge in [-0.25, -0.2) is 14.8 Å². The van der Waals surface area contributed by atoms with Crippen molar-refractivity contribution in [1.82, 2.24) is 15.0 Å². The van der Waals surface area contributed by atoms with Gasteiger partial charge in [-0.3, -0.25) is 0 Å². The molecule has 0 saturated heterocycles. The van der Waals surface area contributed by atoms with Crippen LogP contribution in [0.4, 0.5) is 0 Å². The Morgan fingerprint density at radius 3 is 3.00 bits per heavy atom. The van der Waals surface area contributed by atoms with Crippen LogP contribution in [0.1, 0.15) is 13.2 Å². The number of nitrogens with zero attached hydrogens (tertiary/aromatic N) is 3. The second-order valence-electron chi connectivity index (χ2n) is 2.73. The second-order valence-corrected chi connectivity index (χ2v) is 2.73. The summed E-state index contributed by atoms with van der Waals surface area (Å²) >= 11 is 0. The van der Waals surface area contributed by atoms with E-state index >= 15 is 0 Å². The van der Waals surface area contributed by atoms with Crippen LogP contribution in [-0.4, -0.2) is 20.3 Å². The SMILES string of the molecule is CC(OO)n1nnc2ccccc21. The summed E-state index contributed by atoms with van der Waals surface area (Å²) in [5.41, 5.74) is 1.62. The maximum absolute atomic E-state index is 8.48. The zero-order chi connectivity index (χ0) is 9.26. The van der Waals surface area contributed by atoms with E-state index in [1.807, 2.05) is 24.3 Å². The first-order chi connectivity index (χ1) is 6.33. The molecule has 0 spiro atoms. The highest BCUT2D eigenvalue weighted by atomic mass is 17.1. The molecule has 1 unspecified atom stereocenters. The van der Waals surface area contributed by atoms with E-state index in [4.69, 9.17) is 5.26 Å². The molecule has 5 nitrogen and oxygen atoms in total. The Balaban J connectivity index is 2.57. The summed E-state index contributed by atoms with van der Waals surface area (Å²) in [4.78, 5) is 4.16. The number of para-hydroxylation sites is 1. The highest BCUT2D eigenvalue weighted by Gasteiger charge is 2.09. The van der Waals surface area contributed by atoms with Gasteiger partial charge in [0.05, 0.1) is 5.52 Å². The fourth-order valence-corrected chi connectivity index (χ4v) is 1.20. The molecule has 0 aliphatic heterocycles.